The molecule has 2 aromatic carbocycles. The fourth-order valence-corrected chi connectivity index (χ4v) is 2.45. The lowest BCUT2D eigenvalue weighted by atomic mass is 10.2. The minimum atomic E-state index is -0.540. The summed E-state index contributed by atoms with van der Waals surface area (Å²) in [6.45, 7) is 1.95. The summed E-state index contributed by atoms with van der Waals surface area (Å²) in [5.74, 6) is -0.769. The van der Waals surface area contributed by atoms with E-state index < -0.39 is 11.9 Å². The molecule has 24 heavy (non-hydrogen) atoms. The van der Waals surface area contributed by atoms with Crippen LogP contribution in [-0.2, 0) is 4.74 Å². The van der Waals surface area contributed by atoms with E-state index in [2.05, 4.69) is 5.32 Å². The molecule has 0 atom stereocenters. The number of carbonyl (C=O) groups excluding carboxylic acids is 2. The van der Waals surface area contributed by atoms with E-state index in [0.29, 0.717) is 11.3 Å². The molecule has 3 aromatic rings. The normalized spacial score (nSPS) is 10.6. The summed E-state index contributed by atoms with van der Waals surface area (Å²) in [5, 5.41) is 3.78. The number of nitrogens with one attached hydrogen (secondary N) is 1. The minimum Gasteiger partial charge on any atom is -0.462 e. The molecule has 6 heteroatoms. The molecule has 0 unspecified atom stereocenters. The first-order chi connectivity index (χ1) is 11.6. The zero-order valence-corrected chi connectivity index (χ0v) is 13.6. The largest absolute Gasteiger partial charge is 0.462 e. The molecule has 0 saturated heterocycles. The van der Waals surface area contributed by atoms with Gasteiger partial charge in [-0.2, -0.15) is 0 Å². The number of hydrogen-bond donors (Lipinski definition) is 1. The van der Waals surface area contributed by atoms with Crippen LogP contribution >= 0.6 is 11.6 Å². The first-order valence-corrected chi connectivity index (χ1v) is 7.73. The van der Waals surface area contributed by atoms with Gasteiger partial charge in [0.25, 0.3) is 5.91 Å². The van der Waals surface area contributed by atoms with Gasteiger partial charge in [0, 0.05) is 11.1 Å². The fourth-order valence-electron chi connectivity index (χ4n) is 2.25. The lowest BCUT2D eigenvalue weighted by Crippen LogP contribution is -2.12. The third-order valence-electron chi connectivity index (χ3n) is 3.37. The van der Waals surface area contributed by atoms with Gasteiger partial charge in [-0.15, -0.1) is 0 Å². The number of para-hydroxylation sites is 1. The van der Waals surface area contributed by atoms with E-state index in [4.69, 9.17) is 20.8 Å². The number of furan rings is 1. The van der Waals surface area contributed by atoms with Crippen LogP contribution in [0.2, 0.25) is 5.02 Å². The van der Waals surface area contributed by atoms with Crippen LogP contribution in [0.4, 0.5) is 5.69 Å². The van der Waals surface area contributed by atoms with Gasteiger partial charge < -0.3 is 14.5 Å². The Morgan fingerprint density at radius 1 is 1.17 bits per heavy atom. The van der Waals surface area contributed by atoms with E-state index >= 15 is 0 Å². The first-order valence-electron chi connectivity index (χ1n) is 7.35. The molecule has 0 bridgehead atoms. The molecule has 0 aliphatic carbocycles. The number of fused-ring (bicyclic) bond motifs is 1. The maximum Gasteiger partial charge on any atom is 0.339 e. The molecule has 0 fully saturated rings. The number of amides is 1. The van der Waals surface area contributed by atoms with Gasteiger partial charge in [0.15, 0.2) is 5.76 Å². The van der Waals surface area contributed by atoms with Crippen molar-refractivity contribution in [3.63, 3.8) is 0 Å². The van der Waals surface area contributed by atoms with Gasteiger partial charge >= 0.3 is 5.97 Å². The number of benzene rings is 2. The van der Waals surface area contributed by atoms with Crippen LogP contribution < -0.4 is 5.32 Å². The zero-order valence-electron chi connectivity index (χ0n) is 12.8. The van der Waals surface area contributed by atoms with E-state index in [9.17, 15) is 9.59 Å². The number of carbonyl (C=O) groups is 2. The highest BCUT2D eigenvalue weighted by atomic mass is 35.5. The van der Waals surface area contributed by atoms with Gasteiger partial charge in [-0.05, 0) is 37.3 Å². The predicted octanol–water partition coefficient (Wildman–Crippen LogP) is 4.52. The summed E-state index contributed by atoms with van der Waals surface area (Å²) in [4.78, 5) is 24.2. The highest BCUT2D eigenvalue weighted by Crippen LogP contribution is 2.23. The quantitative estimate of drug-likeness (QED) is 0.707. The monoisotopic (exact) mass is 343 g/mol. The summed E-state index contributed by atoms with van der Waals surface area (Å²) in [6.07, 6.45) is 0. The van der Waals surface area contributed by atoms with Crippen molar-refractivity contribution in [3.8, 4) is 0 Å². The number of hydrogen-bond acceptors (Lipinski definition) is 4. The molecular weight excluding hydrogens is 330 g/mol. The fraction of sp³-hybridized carbons (Fsp3) is 0.111. The first kappa shape index (κ1) is 16.1. The van der Waals surface area contributed by atoms with Crippen molar-refractivity contribution in [3.05, 3.63) is 64.9 Å². The van der Waals surface area contributed by atoms with Crippen LogP contribution in [0.5, 0.6) is 0 Å². The van der Waals surface area contributed by atoms with Crippen LogP contribution in [0, 0.1) is 0 Å². The van der Waals surface area contributed by atoms with Crippen molar-refractivity contribution < 1.29 is 18.7 Å². The van der Waals surface area contributed by atoms with Crippen LogP contribution in [0.3, 0.4) is 0 Å². The van der Waals surface area contributed by atoms with Crippen molar-refractivity contribution in [2.45, 2.75) is 6.92 Å². The molecule has 122 valence electrons. The third-order valence-corrected chi connectivity index (χ3v) is 3.70. The Balaban J connectivity index is 1.83. The van der Waals surface area contributed by atoms with Crippen molar-refractivity contribution in [1.29, 1.82) is 0 Å². The van der Waals surface area contributed by atoms with E-state index in [1.54, 1.807) is 25.1 Å². The summed E-state index contributed by atoms with van der Waals surface area (Å²) >= 11 is 6.00. The molecule has 5 nitrogen and oxygen atoms in total. The molecule has 1 N–H and O–H groups in total. The van der Waals surface area contributed by atoms with Crippen LogP contribution in [0.25, 0.3) is 11.0 Å². The molecule has 0 saturated carbocycles. The Labute approximate surface area is 143 Å². The van der Waals surface area contributed by atoms with Crippen molar-refractivity contribution in [2.24, 2.45) is 0 Å². The summed E-state index contributed by atoms with van der Waals surface area (Å²) < 4.78 is 10.5. The number of anilines is 1. The van der Waals surface area contributed by atoms with E-state index in [1.165, 1.54) is 12.1 Å². The number of ether oxygens (including phenoxy) is 1. The van der Waals surface area contributed by atoms with Crippen molar-refractivity contribution in [1.82, 2.24) is 0 Å². The van der Waals surface area contributed by atoms with Gasteiger partial charge in [-0.25, -0.2) is 4.79 Å². The number of esters is 1. The highest BCUT2D eigenvalue weighted by Gasteiger charge is 2.16. The van der Waals surface area contributed by atoms with Crippen LogP contribution in [0.1, 0.15) is 27.8 Å². The Bertz CT molecular complexity index is 883. The van der Waals surface area contributed by atoms with E-state index in [0.717, 1.165) is 5.39 Å². The van der Waals surface area contributed by atoms with E-state index in [1.807, 2.05) is 18.2 Å². The Morgan fingerprint density at radius 2 is 1.96 bits per heavy atom. The molecule has 1 aromatic heterocycles. The van der Waals surface area contributed by atoms with Gasteiger partial charge in [-0.1, -0.05) is 29.8 Å². The molecule has 0 radical (unpaired) electrons. The van der Waals surface area contributed by atoms with Gasteiger partial charge in [0.1, 0.15) is 5.58 Å². The third kappa shape index (κ3) is 3.26. The van der Waals surface area contributed by atoms with E-state index in [-0.39, 0.29) is 23.0 Å². The van der Waals surface area contributed by atoms with Gasteiger partial charge in [-0.3, -0.25) is 4.79 Å². The molecule has 0 aliphatic rings. The second-order valence-corrected chi connectivity index (χ2v) is 5.42. The zero-order chi connectivity index (χ0) is 17.1. The molecular formula is C18H14ClNO4. The predicted molar refractivity (Wildman–Crippen MR) is 91.6 cm³/mol. The second-order valence-electron chi connectivity index (χ2n) is 5.02. The number of rotatable bonds is 4. The maximum absolute atomic E-state index is 12.3. The Morgan fingerprint density at radius 3 is 2.71 bits per heavy atom. The molecule has 0 spiro atoms. The molecule has 0 aliphatic heterocycles. The van der Waals surface area contributed by atoms with Crippen LogP contribution in [0.15, 0.2) is 52.9 Å². The van der Waals surface area contributed by atoms with Crippen molar-refractivity contribution >= 4 is 40.1 Å². The van der Waals surface area contributed by atoms with Crippen LogP contribution in [-0.4, -0.2) is 18.5 Å². The lowest BCUT2D eigenvalue weighted by Gasteiger charge is -2.08. The Kier molecular flexibility index (Phi) is 4.53. The van der Waals surface area contributed by atoms with Crippen molar-refractivity contribution in [2.75, 3.05) is 11.9 Å². The summed E-state index contributed by atoms with van der Waals surface area (Å²) in [7, 11) is 0. The van der Waals surface area contributed by atoms with Gasteiger partial charge in [0.05, 0.1) is 17.2 Å². The average Bonchev–Trinajstić information content (AvgIpc) is 3.01. The average molecular weight is 344 g/mol. The highest BCUT2D eigenvalue weighted by molar-refractivity contribution is 6.33. The second kappa shape index (κ2) is 6.76. The topological polar surface area (TPSA) is 68.5 Å². The standard InChI is InChI=1S/C18H14ClNO4/c1-2-23-18(22)13-10-12(7-8-14(13)19)20-17(21)16-9-11-5-3-4-6-15(11)24-16/h3-10H,2H2,1H3,(H,20,21). The maximum atomic E-state index is 12.3. The SMILES string of the molecule is CCOC(=O)c1cc(NC(=O)c2cc3ccccc3o2)ccc1Cl. The molecule has 1 amide bonds. The lowest BCUT2D eigenvalue weighted by molar-refractivity contribution is 0.0526. The van der Waals surface area contributed by atoms with Gasteiger partial charge in [0.2, 0.25) is 0 Å². The summed E-state index contributed by atoms with van der Waals surface area (Å²) in [5.41, 5.74) is 1.25. The molecule has 3 rings (SSSR count). The Hall–Kier alpha value is -2.79. The smallest absolute Gasteiger partial charge is 0.339 e. The molecule has 1 heterocycles. The number of halogens is 1. The summed E-state index contributed by atoms with van der Waals surface area (Å²) in [6, 6.07) is 13.6. The minimum absolute atomic E-state index is 0.184.